The normalized spacial score (nSPS) is 13.8. The van der Waals surface area contributed by atoms with Crippen molar-refractivity contribution in [1.29, 1.82) is 0 Å². The number of benzene rings is 1. The predicted octanol–water partition coefficient (Wildman–Crippen LogP) is 2.40. The topological polar surface area (TPSA) is 73.1 Å². The van der Waals surface area contributed by atoms with Crippen LogP contribution in [-0.2, 0) is 24.1 Å². The van der Waals surface area contributed by atoms with E-state index < -0.39 is 0 Å². The highest BCUT2D eigenvalue weighted by Gasteiger charge is 2.25. The van der Waals surface area contributed by atoms with Crippen LogP contribution in [0.5, 0.6) is 0 Å². The monoisotopic (exact) mass is 349 g/mol. The Balaban J connectivity index is 1.58. The molecule has 0 aliphatic carbocycles. The van der Waals surface area contributed by atoms with Crippen molar-refractivity contribution in [2.24, 2.45) is 0 Å². The number of aryl methyl sites for hydroxylation is 2. The van der Waals surface area contributed by atoms with Gasteiger partial charge in [0.15, 0.2) is 17.5 Å². The minimum atomic E-state index is -0.314. The summed E-state index contributed by atoms with van der Waals surface area (Å²) in [5, 5.41) is 4.63. The Kier molecular flexibility index (Phi) is 4.59. The number of amides is 1. The number of hydrogen-bond donors (Lipinski definition) is 0. The fourth-order valence-electron chi connectivity index (χ4n) is 2.90. The smallest absolute Gasteiger partial charge is 0.410 e. The molecule has 1 amide bonds. The summed E-state index contributed by atoms with van der Waals surface area (Å²) in [7, 11) is 0. The number of cyclic esters (lactones) is 1. The molecule has 1 aromatic carbocycles. The summed E-state index contributed by atoms with van der Waals surface area (Å²) in [5.74, 6) is 2.11. The lowest BCUT2D eigenvalue weighted by Crippen LogP contribution is -2.25. The molecule has 0 unspecified atom stereocenters. The Morgan fingerprint density at radius 1 is 1.04 bits per heavy atom. The number of pyridine rings is 1. The van der Waals surface area contributed by atoms with Gasteiger partial charge in [-0.2, -0.15) is 4.68 Å². The standard InChI is InChI=1S/C19H19N5O2/c25-19-23(12-13-26-19)14-18-21-16(10-9-15-6-2-1-3-7-15)22-24(18)17-8-4-5-11-20-17/h1-8,11H,9-10,12-14H2. The first-order valence-electron chi connectivity index (χ1n) is 8.61. The number of ether oxygens (including phenoxy) is 1. The molecule has 1 aliphatic heterocycles. The summed E-state index contributed by atoms with van der Waals surface area (Å²) in [6, 6.07) is 15.9. The van der Waals surface area contributed by atoms with Crippen molar-refractivity contribution >= 4 is 6.09 Å². The van der Waals surface area contributed by atoms with Crippen LogP contribution in [0.2, 0.25) is 0 Å². The molecule has 1 saturated heterocycles. The molecule has 2 aromatic heterocycles. The fourth-order valence-corrected chi connectivity index (χ4v) is 2.90. The molecule has 26 heavy (non-hydrogen) atoms. The summed E-state index contributed by atoms with van der Waals surface area (Å²) in [4.78, 5) is 22.4. The van der Waals surface area contributed by atoms with E-state index in [-0.39, 0.29) is 6.09 Å². The van der Waals surface area contributed by atoms with E-state index in [1.165, 1.54) is 5.56 Å². The molecule has 1 fully saturated rings. The zero-order valence-corrected chi connectivity index (χ0v) is 14.3. The number of carbonyl (C=O) groups excluding carboxylic acids is 1. The average molecular weight is 349 g/mol. The summed E-state index contributed by atoms with van der Waals surface area (Å²) < 4.78 is 6.72. The van der Waals surface area contributed by atoms with Crippen molar-refractivity contribution in [1.82, 2.24) is 24.6 Å². The van der Waals surface area contributed by atoms with Crippen LogP contribution in [0.15, 0.2) is 54.7 Å². The third kappa shape index (κ3) is 3.56. The molecule has 0 radical (unpaired) electrons. The first-order valence-corrected chi connectivity index (χ1v) is 8.61. The van der Waals surface area contributed by atoms with Gasteiger partial charge >= 0.3 is 6.09 Å². The van der Waals surface area contributed by atoms with Gasteiger partial charge in [-0.3, -0.25) is 4.90 Å². The maximum Gasteiger partial charge on any atom is 0.410 e. The van der Waals surface area contributed by atoms with Crippen LogP contribution in [0, 0.1) is 0 Å². The van der Waals surface area contributed by atoms with Gasteiger partial charge in [-0.05, 0) is 24.1 Å². The number of aromatic nitrogens is 4. The Morgan fingerprint density at radius 2 is 1.88 bits per heavy atom. The number of carbonyl (C=O) groups is 1. The Hall–Kier alpha value is -3.22. The van der Waals surface area contributed by atoms with Crippen molar-refractivity contribution < 1.29 is 9.53 Å². The Labute approximate surface area is 151 Å². The molecule has 0 spiro atoms. The molecular formula is C19H19N5O2. The van der Waals surface area contributed by atoms with Gasteiger partial charge in [-0.25, -0.2) is 14.8 Å². The minimum Gasteiger partial charge on any atom is -0.448 e. The van der Waals surface area contributed by atoms with E-state index in [9.17, 15) is 4.79 Å². The number of nitrogens with zero attached hydrogens (tertiary/aromatic N) is 5. The minimum absolute atomic E-state index is 0.314. The maximum absolute atomic E-state index is 11.8. The van der Waals surface area contributed by atoms with Gasteiger partial charge in [-0.15, -0.1) is 5.10 Å². The number of hydrogen-bond acceptors (Lipinski definition) is 5. The zero-order valence-electron chi connectivity index (χ0n) is 14.3. The maximum atomic E-state index is 11.8. The van der Waals surface area contributed by atoms with Gasteiger partial charge in [0.25, 0.3) is 0 Å². The van der Waals surface area contributed by atoms with Crippen molar-refractivity contribution in [2.45, 2.75) is 19.4 Å². The summed E-state index contributed by atoms with van der Waals surface area (Å²) in [5.41, 5.74) is 1.24. The van der Waals surface area contributed by atoms with Crippen LogP contribution in [0.4, 0.5) is 4.79 Å². The SMILES string of the molecule is O=C1OCCN1Cc1nc(CCc2ccccc2)nn1-c1ccccn1. The van der Waals surface area contributed by atoms with Crippen LogP contribution in [0.1, 0.15) is 17.2 Å². The molecule has 7 nitrogen and oxygen atoms in total. The van der Waals surface area contributed by atoms with Crippen molar-refractivity contribution in [3.8, 4) is 5.82 Å². The highest BCUT2D eigenvalue weighted by Crippen LogP contribution is 2.14. The molecule has 132 valence electrons. The Morgan fingerprint density at radius 3 is 2.62 bits per heavy atom. The predicted molar refractivity (Wildman–Crippen MR) is 94.8 cm³/mol. The van der Waals surface area contributed by atoms with E-state index >= 15 is 0 Å². The first kappa shape index (κ1) is 16.3. The van der Waals surface area contributed by atoms with E-state index in [2.05, 4.69) is 27.2 Å². The molecule has 0 atom stereocenters. The lowest BCUT2D eigenvalue weighted by molar-refractivity contribution is 0.156. The lowest BCUT2D eigenvalue weighted by atomic mass is 10.1. The molecule has 0 bridgehead atoms. The second-order valence-electron chi connectivity index (χ2n) is 6.07. The van der Waals surface area contributed by atoms with Crippen molar-refractivity contribution in [3.63, 3.8) is 0 Å². The van der Waals surface area contributed by atoms with Crippen LogP contribution in [-0.4, -0.2) is 43.9 Å². The van der Waals surface area contributed by atoms with E-state index in [4.69, 9.17) is 4.74 Å². The van der Waals surface area contributed by atoms with Crippen LogP contribution >= 0.6 is 0 Å². The molecule has 3 aromatic rings. The summed E-state index contributed by atoms with van der Waals surface area (Å²) >= 11 is 0. The highest BCUT2D eigenvalue weighted by molar-refractivity contribution is 5.69. The van der Waals surface area contributed by atoms with Crippen molar-refractivity contribution in [3.05, 3.63) is 71.9 Å². The Bertz CT molecular complexity index is 879. The third-order valence-electron chi connectivity index (χ3n) is 4.24. The van der Waals surface area contributed by atoms with Gasteiger partial charge in [-0.1, -0.05) is 36.4 Å². The van der Waals surface area contributed by atoms with Crippen LogP contribution in [0.3, 0.4) is 0 Å². The van der Waals surface area contributed by atoms with E-state index in [1.807, 2.05) is 36.4 Å². The van der Waals surface area contributed by atoms with Gasteiger partial charge in [0.05, 0.1) is 13.1 Å². The van der Waals surface area contributed by atoms with E-state index in [0.29, 0.717) is 31.3 Å². The summed E-state index contributed by atoms with van der Waals surface area (Å²) in [6.07, 6.45) is 2.99. The van der Waals surface area contributed by atoms with Gasteiger partial charge in [0.2, 0.25) is 0 Å². The number of rotatable bonds is 6. The second kappa shape index (κ2) is 7.35. The highest BCUT2D eigenvalue weighted by atomic mass is 16.6. The molecule has 0 N–H and O–H groups in total. The molecule has 4 rings (SSSR count). The van der Waals surface area contributed by atoms with Gasteiger partial charge < -0.3 is 4.74 Å². The lowest BCUT2D eigenvalue weighted by Gasteiger charge is -2.12. The fraction of sp³-hybridized carbons (Fsp3) is 0.263. The van der Waals surface area contributed by atoms with Gasteiger partial charge in [0, 0.05) is 12.6 Å². The third-order valence-corrected chi connectivity index (χ3v) is 4.24. The molecule has 0 saturated carbocycles. The van der Waals surface area contributed by atoms with Crippen LogP contribution < -0.4 is 0 Å². The average Bonchev–Trinajstić information content (AvgIpc) is 3.28. The van der Waals surface area contributed by atoms with E-state index in [0.717, 1.165) is 18.7 Å². The van der Waals surface area contributed by atoms with Crippen LogP contribution in [0.25, 0.3) is 5.82 Å². The zero-order chi connectivity index (χ0) is 17.8. The molecular weight excluding hydrogens is 330 g/mol. The van der Waals surface area contributed by atoms with E-state index in [1.54, 1.807) is 15.8 Å². The molecule has 1 aliphatic rings. The second-order valence-corrected chi connectivity index (χ2v) is 6.07. The first-order chi connectivity index (χ1) is 12.8. The van der Waals surface area contributed by atoms with Gasteiger partial charge in [0.1, 0.15) is 6.61 Å². The molecule has 3 heterocycles. The summed E-state index contributed by atoms with van der Waals surface area (Å²) in [6.45, 7) is 1.33. The quantitative estimate of drug-likeness (QED) is 0.683. The molecule has 7 heteroatoms. The van der Waals surface area contributed by atoms with Crippen molar-refractivity contribution in [2.75, 3.05) is 13.2 Å². The largest absolute Gasteiger partial charge is 0.448 e.